The van der Waals surface area contributed by atoms with Gasteiger partial charge in [-0.3, -0.25) is 14.1 Å². The van der Waals surface area contributed by atoms with E-state index in [-0.39, 0.29) is 12.0 Å². The Balaban J connectivity index is 1.48. The summed E-state index contributed by atoms with van der Waals surface area (Å²) >= 11 is 3.46. The van der Waals surface area contributed by atoms with Crippen LogP contribution in [0.3, 0.4) is 0 Å². The Morgan fingerprint density at radius 3 is 2.69 bits per heavy atom. The van der Waals surface area contributed by atoms with E-state index in [0.29, 0.717) is 0 Å². The number of hydrogen-bond donors (Lipinski definition) is 0. The van der Waals surface area contributed by atoms with Crippen LogP contribution in [0.15, 0.2) is 47.1 Å². The molecule has 0 bridgehead atoms. The molecule has 2 aromatic heterocycles. The molecule has 0 spiro atoms. The van der Waals surface area contributed by atoms with E-state index in [9.17, 15) is 4.79 Å². The van der Waals surface area contributed by atoms with Crippen molar-refractivity contribution in [2.75, 3.05) is 6.54 Å². The average Bonchev–Trinajstić information content (AvgIpc) is 3.27. The molecule has 1 atom stereocenters. The predicted molar refractivity (Wildman–Crippen MR) is 115 cm³/mol. The first kappa shape index (κ1) is 20.0. The van der Waals surface area contributed by atoms with Gasteiger partial charge in [0.25, 0.3) is 0 Å². The van der Waals surface area contributed by atoms with Gasteiger partial charge in [0.1, 0.15) is 11.6 Å². The molecule has 3 heterocycles. The van der Waals surface area contributed by atoms with Crippen LogP contribution in [0.1, 0.15) is 39.2 Å². The highest BCUT2D eigenvalue weighted by molar-refractivity contribution is 9.10. The van der Waals surface area contributed by atoms with E-state index < -0.39 is 5.60 Å². The zero-order valence-electron chi connectivity index (χ0n) is 16.9. The van der Waals surface area contributed by atoms with Crippen molar-refractivity contribution in [3.63, 3.8) is 0 Å². The lowest BCUT2D eigenvalue weighted by Crippen LogP contribution is -2.40. The second kappa shape index (κ2) is 7.88. The van der Waals surface area contributed by atoms with Gasteiger partial charge >= 0.3 is 5.97 Å². The van der Waals surface area contributed by atoms with Crippen LogP contribution in [0.4, 0.5) is 0 Å². The number of carbonyl (C=O) groups is 1. The maximum Gasteiger partial charge on any atom is 0.323 e. The monoisotopic (exact) mass is 456 g/mol. The van der Waals surface area contributed by atoms with Crippen LogP contribution in [0, 0.1) is 0 Å². The van der Waals surface area contributed by atoms with Gasteiger partial charge in [-0.2, -0.15) is 0 Å². The Labute approximate surface area is 179 Å². The molecule has 0 N–H and O–H groups in total. The van der Waals surface area contributed by atoms with Crippen molar-refractivity contribution in [1.82, 2.24) is 19.5 Å². The van der Waals surface area contributed by atoms with E-state index in [1.54, 1.807) is 0 Å². The predicted octanol–water partition coefficient (Wildman–Crippen LogP) is 4.46. The first-order valence-corrected chi connectivity index (χ1v) is 10.7. The number of benzene rings is 1. The molecule has 0 radical (unpaired) electrons. The van der Waals surface area contributed by atoms with Crippen molar-refractivity contribution < 1.29 is 9.53 Å². The molecule has 1 aliphatic rings. The summed E-state index contributed by atoms with van der Waals surface area (Å²) in [7, 11) is 0. The molecule has 0 aliphatic carbocycles. The lowest BCUT2D eigenvalue weighted by atomic mass is 10.1. The van der Waals surface area contributed by atoms with Crippen LogP contribution in [0.2, 0.25) is 0 Å². The summed E-state index contributed by atoms with van der Waals surface area (Å²) in [5.74, 6) is 0.694. The van der Waals surface area contributed by atoms with Gasteiger partial charge < -0.3 is 4.74 Å². The Bertz CT molecular complexity index is 1020. The molecule has 3 aromatic rings. The van der Waals surface area contributed by atoms with Crippen molar-refractivity contribution in [3.05, 3.63) is 52.6 Å². The van der Waals surface area contributed by atoms with Crippen LogP contribution >= 0.6 is 15.9 Å². The average molecular weight is 457 g/mol. The summed E-state index contributed by atoms with van der Waals surface area (Å²) in [6.45, 7) is 7.38. The number of likely N-dealkylation sites (tertiary alicyclic amines) is 1. The quantitative estimate of drug-likeness (QED) is 0.542. The van der Waals surface area contributed by atoms with Gasteiger partial charge in [-0.05, 0) is 57.9 Å². The van der Waals surface area contributed by atoms with E-state index in [1.807, 2.05) is 43.5 Å². The summed E-state index contributed by atoms with van der Waals surface area (Å²) < 4.78 is 8.55. The van der Waals surface area contributed by atoms with Crippen molar-refractivity contribution in [1.29, 1.82) is 0 Å². The van der Waals surface area contributed by atoms with E-state index >= 15 is 0 Å². The number of carbonyl (C=O) groups excluding carboxylic acids is 1. The Morgan fingerprint density at radius 2 is 1.97 bits per heavy atom. The molecule has 0 saturated carbocycles. The van der Waals surface area contributed by atoms with Gasteiger partial charge in [-0.1, -0.05) is 40.2 Å². The number of fused-ring (bicyclic) bond motifs is 1. The molecule has 0 unspecified atom stereocenters. The van der Waals surface area contributed by atoms with Crippen molar-refractivity contribution in [2.24, 2.45) is 0 Å². The van der Waals surface area contributed by atoms with Gasteiger partial charge in [0, 0.05) is 22.8 Å². The third-order valence-corrected chi connectivity index (χ3v) is 5.51. The standard InChI is InChI=1S/C22H25BrN4O2/c1-22(2,3)29-21(28)18-5-4-11-26(18)14-15-6-8-16(9-7-15)20-25-24-19-13-17(23)10-12-27(19)20/h6-10,12-13,18H,4-5,11,14H2,1-3H3/t18-/m1/s1. The number of halogens is 1. The fourth-order valence-electron chi connectivity index (χ4n) is 3.71. The number of hydrogen-bond acceptors (Lipinski definition) is 5. The number of ether oxygens (including phenoxy) is 1. The highest BCUT2D eigenvalue weighted by atomic mass is 79.9. The van der Waals surface area contributed by atoms with Crippen LogP contribution in [-0.2, 0) is 16.1 Å². The maximum absolute atomic E-state index is 12.5. The minimum atomic E-state index is -0.455. The van der Waals surface area contributed by atoms with Crippen molar-refractivity contribution >= 4 is 27.5 Å². The van der Waals surface area contributed by atoms with Gasteiger partial charge in [0.05, 0.1) is 0 Å². The zero-order chi connectivity index (χ0) is 20.6. The van der Waals surface area contributed by atoms with Gasteiger partial charge in [0.15, 0.2) is 11.5 Å². The van der Waals surface area contributed by atoms with Crippen LogP contribution in [0.5, 0.6) is 0 Å². The van der Waals surface area contributed by atoms with Gasteiger partial charge in [-0.25, -0.2) is 0 Å². The lowest BCUT2D eigenvalue weighted by Gasteiger charge is -2.27. The summed E-state index contributed by atoms with van der Waals surface area (Å²) in [6.07, 6.45) is 3.83. The molecule has 4 rings (SSSR count). The van der Waals surface area contributed by atoms with E-state index in [4.69, 9.17) is 4.74 Å². The van der Waals surface area contributed by atoms with Crippen molar-refractivity contribution in [3.8, 4) is 11.4 Å². The molecule has 152 valence electrons. The highest BCUT2D eigenvalue weighted by Crippen LogP contribution is 2.25. The minimum absolute atomic E-state index is 0.118. The Morgan fingerprint density at radius 1 is 1.21 bits per heavy atom. The van der Waals surface area contributed by atoms with Crippen molar-refractivity contribution in [2.45, 2.75) is 51.8 Å². The number of aromatic nitrogens is 3. The summed E-state index contributed by atoms with van der Waals surface area (Å²) in [6, 6.07) is 12.1. The van der Waals surface area contributed by atoms with E-state index in [1.165, 1.54) is 5.56 Å². The molecule has 7 heteroatoms. The normalized spacial score (nSPS) is 17.7. The number of pyridine rings is 1. The number of nitrogens with zero attached hydrogens (tertiary/aromatic N) is 4. The fraction of sp³-hybridized carbons (Fsp3) is 0.409. The largest absolute Gasteiger partial charge is 0.459 e. The molecular formula is C22H25BrN4O2. The number of rotatable bonds is 4. The topological polar surface area (TPSA) is 59.7 Å². The van der Waals surface area contributed by atoms with E-state index in [2.05, 4.69) is 55.3 Å². The molecule has 1 fully saturated rings. The summed E-state index contributed by atoms with van der Waals surface area (Å²) in [5, 5.41) is 8.57. The number of esters is 1. The zero-order valence-corrected chi connectivity index (χ0v) is 18.5. The SMILES string of the molecule is CC(C)(C)OC(=O)[C@H]1CCCN1Cc1ccc(-c2nnc3cc(Br)ccn23)cc1. The van der Waals surface area contributed by atoms with E-state index in [0.717, 1.165) is 47.4 Å². The highest BCUT2D eigenvalue weighted by Gasteiger charge is 2.33. The van der Waals surface area contributed by atoms with Crippen LogP contribution in [-0.4, -0.2) is 43.7 Å². The molecule has 0 amide bonds. The molecule has 1 saturated heterocycles. The first-order chi connectivity index (χ1) is 13.8. The minimum Gasteiger partial charge on any atom is -0.459 e. The van der Waals surface area contributed by atoms with Gasteiger partial charge in [0.2, 0.25) is 0 Å². The molecule has 1 aromatic carbocycles. The third kappa shape index (κ3) is 4.51. The fourth-order valence-corrected chi connectivity index (χ4v) is 4.03. The first-order valence-electron chi connectivity index (χ1n) is 9.87. The molecular weight excluding hydrogens is 432 g/mol. The van der Waals surface area contributed by atoms with Crippen LogP contribution < -0.4 is 0 Å². The maximum atomic E-state index is 12.5. The second-order valence-corrected chi connectivity index (χ2v) is 9.37. The summed E-state index contributed by atoms with van der Waals surface area (Å²) in [5.41, 5.74) is 2.52. The molecule has 6 nitrogen and oxygen atoms in total. The second-order valence-electron chi connectivity index (χ2n) is 8.46. The summed E-state index contributed by atoms with van der Waals surface area (Å²) in [4.78, 5) is 14.7. The molecule has 29 heavy (non-hydrogen) atoms. The molecule has 1 aliphatic heterocycles. The van der Waals surface area contributed by atoms with Gasteiger partial charge in [-0.15, -0.1) is 10.2 Å². The Hall–Kier alpha value is -2.25. The smallest absolute Gasteiger partial charge is 0.323 e. The Kier molecular flexibility index (Phi) is 5.44. The lowest BCUT2D eigenvalue weighted by molar-refractivity contribution is -0.160. The third-order valence-electron chi connectivity index (χ3n) is 5.01. The van der Waals surface area contributed by atoms with Crippen LogP contribution in [0.25, 0.3) is 17.0 Å².